The number of aryl methyl sites for hydroxylation is 14. The van der Waals surface area contributed by atoms with Gasteiger partial charge in [0, 0.05) is 0 Å². The molecule has 22 heteroatoms. The van der Waals surface area contributed by atoms with Gasteiger partial charge < -0.3 is 33.9 Å². The van der Waals surface area contributed by atoms with Crippen molar-refractivity contribution in [2.24, 2.45) is 49.3 Å². The van der Waals surface area contributed by atoms with E-state index in [1.807, 2.05) is 0 Å². The molecule has 0 spiro atoms. The van der Waals surface area contributed by atoms with Gasteiger partial charge in [-0.3, -0.25) is 7.32 Å². The third kappa shape index (κ3) is 59.2. The van der Waals surface area contributed by atoms with E-state index in [4.69, 9.17) is 15.1 Å². The summed E-state index contributed by atoms with van der Waals surface area (Å²) in [5.74, 6) is 0. The number of halogens is 4. The summed E-state index contributed by atoms with van der Waals surface area (Å²) in [4.78, 5) is 0. The zero-order chi connectivity index (χ0) is 65.3. The smallest absolute Gasteiger partial charge is 0.243 e. The van der Waals surface area contributed by atoms with Gasteiger partial charge in [0.25, 0.3) is 0 Å². The number of imidazole rings is 7. The molecule has 7 aromatic heterocycles. The van der Waals surface area contributed by atoms with Crippen LogP contribution in [0.25, 0.3) is 0 Å². The lowest BCUT2D eigenvalue weighted by molar-refractivity contribution is -0.671. The van der Waals surface area contributed by atoms with Crippen LogP contribution in [0.5, 0.6) is 0 Å². The summed E-state index contributed by atoms with van der Waals surface area (Å²) in [5.41, 5.74) is 0. The van der Waals surface area contributed by atoms with E-state index in [1.165, 1.54) is 226 Å². The zero-order valence-electron chi connectivity index (χ0n) is 60.4. The number of hydrogen-bond acceptors (Lipinski definition) is 3. The van der Waals surface area contributed by atoms with Gasteiger partial charge in [0.05, 0.1) is 95.1 Å². The molecule has 0 bridgehead atoms. The van der Waals surface area contributed by atoms with Crippen LogP contribution >= 0.6 is 0 Å². The van der Waals surface area contributed by atoms with Crippen molar-refractivity contribution in [1.82, 2.24) is 32.0 Å². The van der Waals surface area contributed by atoms with Crippen molar-refractivity contribution in [3.8, 4) is 0 Å². The first kappa shape index (κ1) is 94.8. The van der Waals surface area contributed by atoms with E-state index in [0.717, 1.165) is 0 Å². The Morgan fingerprint density at radius 2 is 0.326 bits per heavy atom. The second-order valence-electron chi connectivity index (χ2n) is 23.9. The van der Waals surface area contributed by atoms with Crippen LogP contribution in [0.4, 0.5) is 0 Å². The van der Waals surface area contributed by atoms with E-state index in [9.17, 15) is 0 Å². The Labute approximate surface area is 557 Å². The Kier molecular flexibility index (Phi) is 68.6. The summed E-state index contributed by atoms with van der Waals surface area (Å²) in [5, 5.41) is 25.2. The topological polar surface area (TPSA) is 131 Å². The SMILES string of the molecule is CCCCCCn1cc[n+](C)c1.CCCCCCn1cc[n+](C)c1.CCCCCCn1cc[n+](C)c1.CCCCCCn1cc[n+](C)c1.CCCCCCn1cc[n+](C)c1.CCCCCCn1cc[n+](C)c1.CCCCCCn1cc[n+](C)c1.[F-].[F-].[F-].[F-].[O-]B([O-])[O-]. The van der Waals surface area contributed by atoms with Crippen LogP contribution in [0.1, 0.15) is 228 Å². The molecule has 0 aromatic carbocycles. The summed E-state index contributed by atoms with van der Waals surface area (Å²) >= 11 is 0. The lowest BCUT2D eigenvalue weighted by Crippen LogP contribution is -3.00. The standard InChI is InChI=1S/7C10H19N2.BO3.4FH/c7*1-3-4-5-6-7-12-9-8-11(2)10-12;2-1(3)4;;;;/h7*8-10H,3-7H2,1-2H3;;4*1H/q7*+1;-3;;;;/p-4. The average molecular weight is 1310 g/mol. The number of hydrogen-bond donors (Lipinski definition) is 0. The van der Waals surface area contributed by atoms with E-state index in [2.05, 4.69) is 293 Å². The van der Waals surface area contributed by atoms with Gasteiger partial charge in [0.2, 0.25) is 44.3 Å². The molecule has 0 amide bonds. The summed E-state index contributed by atoms with van der Waals surface area (Å²) in [6.45, 7) is 23.9. The quantitative estimate of drug-likeness (QED) is 0.0186. The van der Waals surface area contributed by atoms with Gasteiger partial charge in [0.15, 0.2) is 0 Å². The molecule has 0 atom stereocenters. The summed E-state index contributed by atoms with van der Waals surface area (Å²) < 4.78 is 30.3. The van der Waals surface area contributed by atoms with E-state index in [1.54, 1.807) is 0 Å². The minimum Gasteiger partial charge on any atom is -1.00 e. The Hall–Kier alpha value is -5.87. The summed E-state index contributed by atoms with van der Waals surface area (Å²) in [6.07, 6.45) is 81.9. The molecule has 0 saturated heterocycles. The third-order valence-electron chi connectivity index (χ3n) is 14.7. The molecule has 0 aliphatic heterocycles. The maximum Gasteiger partial charge on any atom is 0.243 e. The zero-order valence-corrected chi connectivity index (χ0v) is 60.4. The van der Waals surface area contributed by atoms with Gasteiger partial charge in [-0.05, 0) is 89.9 Å². The molecule has 0 aliphatic carbocycles. The van der Waals surface area contributed by atoms with Crippen LogP contribution in [0.2, 0.25) is 0 Å². The number of nitrogens with zero attached hydrogens (tertiary/aromatic N) is 14. The van der Waals surface area contributed by atoms with E-state index in [0.29, 0.717) is 0 Å². The monoisotopic (exact) mass is 1310 g/mol. The van der Waals surface area contributed by atoms with Crippen molar-refractivity contribution in [3.63, 3.8) is 0 Å². The Bertz CT molecular complexity index is 2080. The Morgan fingerprint density at radius 3 is 0.402 bits per heavy atom. The normalized spacial score (nSPS) is 9.88. The van der Waals surface area contributed by atoms with Gasteiger partial charge >= 0.3 is 0 Å². The van der Waals surface area contributed by atoms with Crippen molar-refractivity contribution < 1.29 is 65.9 Å². The largest absolute Gasteiger partial charge is 1.00 e. The maximum absolute atomic E-state index is 8.42. The van der Waals surface area contributed by atoms with E-state index < -0.39 is 7.32 Å². The first-order valence-electron chi connectivity index (χ1n) is 34.6. The van der Waals surface area contributed by atoms with Crippen molar-refractivity contribution in [3.05, 3.63) is 131 Å². The fourth-order valence-electron chi connectivity index (χ4n) is 9.49. The molecule has 0 aliphatic rings. The molecule has 532 valence electrons. The third-order valence-corrected chi connectivity index (χ3v) is 14.7. The molecule has 0 N–H and O–H groups in total. The molecule has 0 fully saturated rings. The number of unbranched alkanes of at least 4 members (excludes halogenated alkanes) is 21. The molecule has 92 heavy (non-hydrogen) atoms. The van der Waals surface area contributed by atoms with Crippen LogP contribution < -0.4 is 65.9 Å². The number of rotatable bonds is 35. The molecule has 7 heterocycles. The first-order valence-corrected chi connectivity index (χ1v) is 34.6. The Balaban J connectivity index is -0.000000314. The van der Waals surface area contributed by atoms with Crippen LogP contribution in [0.3, 0.4) is 0 Å². The van der Waals surface area contributed by atoms with E-state index >= 15 is 0 Å². The summed E-state index contributed by atoms with van der Waals surface area (Å²) in [6, 6.07) is 0. The van der Waals surface area contributed by atoms with Crippen molar-refractivity contribution in [2.45, 2.75) is 274 Å². The van der Waals surface area contributed by atoms with Gasteiger partial charge in [-0.15, -0.1) is 0 Å². The molecule has 7 rings (SSSR count). The van der Waals surface area contributed by atoms with Crippen LogP contribution in [0, 0.1) is 0 Å². The molecular formula is C70H133BF4N14O3. The van der Waals surface area contributed by atoms with Gasteiger partial charge in [0.1, 0.15) is 86.8 Å². The first-order chi connectivity index (χ1) is 42.5. The highest BCUT2D eigenvalue weighted by Gasteiger charge is 2.04. The second-order valence-corrected chi connectivity index (χ2v) is 23.9. The van der Waals surface area contributed by atoms with Crippen molar-refractivity contribution in [2.75, 3.05) is 0 Å². The molecule has 0 radical (unpaired) electrons. The minimum atomic E-state index is -2.92. The molecule has 17 nitrogen and oxygen atoms in total. The lowest BCUT2D eigenvalue weighted by atomic mass is 10.2. The minimum absolute atomic E-state index is 0. The highest BCUT2D eigenvalue weighted by atomic mass is 19.0. The van der Waals surface area contributed by atoms with Crippen molar-refractivity contribution in [1.29, 1.82) is 0 Å². The van der Waals surface area contributed by atoms with E-state index in [-0.39, 0.29) is 18.8 Å². The van der Waals surface area contributed by atoms with Gasteiger partial charge in [-0.25, -0.2) is 63.9 Å². The van der Waals surface area contributed by atoms with Crippen LogP contribution in [-0.4, -0.2) is 39.3 Å². The second kappa shape index (κ2) is 66.6. The average Bonchev–Trinajstić information content (AvgIpc) is 4.64. The highest BCUT2D eigenvalue weighted by Crippen LogP contribution is 2.06. The Morgan fingerprint density at radius 1 is 0.217 bits per heavy atom. The predicted molar refractivity (Wildman–Crippen MR) is 354 cm³/mol. The maximum atomic E-state index is 8.42. The highest BCUT2D eigenvalue weighted by molar-refractivity contribution is 6.24. The number of aromatic nitrogens is 14. The van der Waals surface area contributed by atoms with Crippen molar-refractivity contribution >= 4 is 7.32 Å². The fraction of sp³-hybridized carbons (Fsp3) is 0.700. The summed E-state index contributed by atoms with van der Waals surface area (Å²) in [7, 11) is 11.5. The predicted octanol–water partition coefficient (Wildman–Crippen LogP) is -2.68. The van der Waals surface area contributed by atoms with Crippen LogP contribution in [-0.2, 0) is 95.1 Å². The van der Waals surface area contributed by atoms with Gasteiger partial charge in [-0.1, -0.05) is 138 Å². The lowest BCUT2D eigenvalue weighted by Gasteiger charge is -2.35. The molecular weight excluding hydrogens is 1170 g/mol. The van der Waals surface area contributed by atoms with Gasteiger partial charge in [-0.2, -0.15) is 0 Å². The fourth-order valence-corrected chi connectivity index (χ4v) is 9.49. The molecule has 0 saturated carbocycles. The van der Waals surface area contributed by atoms with Crippen LogP contribution in [0.15, 0.2) is 131 Å². The molecule has 0 unspecified atom stereocenters. The molecule has 7 aromatic rings.